The molecule has 0 saturated carbocycles. The highest BCUT2D eigenvalue weighted by Gasteiger charge is 2.28. The Morgan fingerprint density at radius 2 is 1.95 bits per heavy atom. The van der Waals surface area contributed by atoms with Gasteiger partial charge in [0.1, 0.15) is 11.9 Å². The molecular weight excluding hydrogens is 258 g/mol. The largest absolute Gasteiger partial charge is 0.495 e. The molecule has 0 aromatic heterocycles. The molecule has 110 valence electrons. The highest BCUT2D eigenvalue weighted by molar-refractivity contribution is 5.96. The average molecular weight is 279 g/mol. The summed E-state index contributed by atoms with van der Waals surface area (Å²) in [7, 11) is 1.52. The number of hydrogen-bond donors (Lipinski definition) is 1. The molecule has 2 unspecified atom stereocenters. The zero-order valence-electron chi connectivity index (χ0n) is 12.1. The van der Waals surface area contributed by atoms with Gasteiger partial charge in [-0.25, -0.2) is 4.79 Å². The Bertz CT molecular complexity index is 479. The molecule has 2 rings (SSSR count). The fourth-order valence-electron chi connectivity index (χ4n) is 2.56. The van der Waals surface area contributed by atoms with Crippen molar-refractivity contribution in [3.8, 4) is 5.75 Å². The maximum absolute atomic E-state index is 12.2. The molecule has 1 aromatic rings. The Labute approximate surface area is 119 Å². The van der Waals surface area contributed by atoms with Gasteiger partial charge in [-0.15, -0.1) is 0 Å². The molecule has 0 aliphatic carbocycles. The number of rotatable bonds is 3. The molecule has 0 bridgehead atoms. The number of anilines is 1. The Morgan fingerprint density at radius 1 is 1.30 bits per heavy atom. The van der Waals surface area contributed by atoms with Gasteiger partial charge in [-0.3, -0.25) is 0 Å². The Kier molecular flexibility index (Phi) is 4.49. The summed E-state index contributed by atoms with van der Waals surface area (Å²) in [5, 5.41) is 0. The lowest BCUT2D eigenvalue weighted by Gasteiger charge is -2.31. The number of carbonyl (C=O) groups excluding carboxylic acids is 1. The van der Waals surface area contributed by atoms with E-state index in [4.69, 9.17) is 19.9 Å². The van der Waals surface area contributed by atoms with Crippen LogP contribution in [0.5, 0.6) is 5.75 Å². The van der Waals surface area contributed by atoms with E-state index in [0.29, 0.717) is 29.8 Å². The molecule has 20 heavy (non-hydrogen) atoms. The number of methoxy groups -OCH3 is 1. The molecule has 1 aliphatic heterocycles. The number of hydrogen-bond acceptors (Lipinski definition) is 5. The summed E-state index contributed by atoms with van der Waals surface area (Å²) in [4.78, 5) is 12.2. The SMILES string of the molecule is COc1cccc(C(=O)OC2CC(C)OC(C)C2)c1N. The van der Waals surface area contributed by atoms with Crippen LogP contribution < -0.4 is 10.5 Å². The van der Waals surface area contributed by atoms with Gasteiger partial charge >= 0.3 is 5.97 Å². The summed E-state index contributed by atoms with van der Waals surface area (Å²) in [5.74, 6) is 0.0702. The first-order chi connectivity index (χ1) is 9.51. The molecule has 1 fully saturated rings. The van der Waals surface area contributed by atoms with Crippen molar-refractivity contribution < 1.29 is 19.0 Å². The maximum Gasteiger partial charge on any atom is 0.340 e. The number of nitrogens with two attached hydrogens (primary N) is 1. The lowest BCUT2D eigenvalue weighted by Crippen LogP contribution is -2.35. The highest BCUT2D eigenvalue weighted by atomic mass is 16.6. The number of benzene rings is 1. The topological polar surface area (TPSA) is 70.8 Å². The van der Waals surface area contributed by atoms with Crippen LogP contribution in [0.15, 0.2) is 18.2 Å². The van der Waals surface area contributed by atoms with E-state index < -0.39 is 5.97 Å². The zero-order valence-corrected chi connectivity index (χ0v) is 12.1. The lowest BCUT2D eigenvalue weighted by molar-refractivity contribution is -0.0855. The molecule has 0 spiro atoms. The van der Waals surface area contributed by atoms with E-state index >= 15 is 0 Å². The first kappa shape index (κ1) is 14.7. The summed E-state index contributed by atoms with van der Waals surface area (Å²) >= 11 is 0. The third-order valence-corrected chi connectivity index (χ3v) is 3.43. The van der Waals surface area contributed by atoms with Crippen LogP contribution in [0.4, 0.5) is 5.69 Å². The van der Waals surface area contributed by atoms with Crippen LogP contribution in [-0.2, 0) is 9.47 Å². The van der Waals surface area contributed by atoms with E-state index in [-0.39, 0.29) is 18.3 Å². The number of carbonyl (C=O) groups is 1. The van der Waals surface area contributed by atoms with Crippen molar-refractivity contribution in [2.24, 2.45) is 0 Å². The minimum atomic E-state index is -0.410. The van der Waals surface area contributed by atoms with Gasteiger partial charge in [0.05, 0.1) is 30.6 Å². The van der Waals surface area contributed by atoms with E-state index in [1.54, 1.807) is 18.2 Å². The van der Waals surface area contributed by atoms with Crippen molar-refractivity contribution >= 4 is 11.7 Å². The maximum atomic E-state index is 12.2. The van der Waals surface area contributed by atoms with E-state index in [0.717, 1.165) is 0 Å². The quantitative estimate of drug-likeness (QED) is 0.679. The highest BCUT2D eigenvalue weighted by Crippen LogP contribution is 2.27. The second-order valence-corrected chi connectivity index (χ2v) is 5.18. The van der Waals surface area contributed by atoms with Crippen molar-refractivity contribution in [2.75, 3.05) is 12.8 Å². The van der Waals surface area contributed by atoms with E-state index in [9.17, 15) is 4.79 Å². The molecule has 0 amide bonds. The third kappa shape index (κ3) is 3.22. The molecular formula is C15H21NO4. The second kappa shape index (κ2) is 6.13. The molecule has 2 N–H and O–H groups in total. The van der Waals surface area contributed by atoms with Gasteiger partial charge in [-0.1, -0.05) is 6.07 Å². The van der Waals surface area contributed by atoms with E-state index in [1.807, 2.05) is 13.8 Å². The van der Waals surface area contributed by atoms with Crippen molar-refractivity contribution in [3.05, 3.63) is 23.8 Å². The standard InChI is InChI=1S/C15H21NO4/c1-9-7-11(8-10(2)19-9)20-15(17)12-5-4-6-13(18-3)14(12)16/h4-6,9-11H,7-8,16H2,1-3H3. The normalized spacial score (nSPS) is 26.1. The summed E-state index contributed by atoms with van der Waals surface area (Å²) in [5.41, 5.74) is 6.56. The van der Waals surface area contributed by atoms with Crippen molar-refractivity contribution in [2.45, 2.75) is 45.0 Å². The zero-order chi connectivity index (χ0) is 14.7. The Morgan fingerprint density at radius 3 is 2.55 bits per heavy atom. The summed E-state index contributed by atoms with van der Waals surface area (Å²) in [6.07, 6.45) is 1.48. The molecule has 1 aromatic carbocycles. The lowest BCUT2D eigenvalue weighted by atomic mass is 10.0. The first-order valence-electron chi connectivity index (χ1n) is 6.80. The van der Waals surface area contributed by atoms with Crippen LogP contribution in [0.25, 0.3) is 0 Å². The average Bonchev–Trinajstić information content (AvgIpc) is 2.37. The fraction of sp³-hybridized carbons (Fsp3) is 0.533. The molecule has 0 radical (unpaired) electrons. The predicted molar refractivity (Wildman–Crippen MR) is 75.9 cm³/mol. The van der Waals surface area contributed by atoms with Crippen molar-refractivity contribution in [1.29, 1.82) is 0 Å². The number of ether oxygens (including phenoxy) is 3. The summed E-state index contributed by atoms with van der Waals surface area (Å²) in [6.45, 7) is 3.97. The molecule has 2 atom stereocenters. The first-order valence-corrected chi connectivity index (χ1v) is 6.80. The van der Waals surface area contributed by atoms with Gasteiger partial charge in [0, 0.05) is 12.8 Å². The molecule has 1 aliphatic rings. The van der Waals surface area contributed by atoms with Gasteiger partial charge < -0.3 is 19.9 Å². The van der Waals surface area contributed by atoms with Crippen molar-refractivity contribution in [3.63, 3.8) is 0 Å². The predicted octanol–water partition coefficient (Wildman–Crippen LogP) is 2.39. The van der Waals surface area contributed by atoms with Crippen LogP contribution >= 0.6 is 0 Å². The van der Waals surface area contributed by atoms with Crippen LogP contribution in [-0.4, -0.2) is 31.4 Å². The number of para-hydroxylation sites is 1. The smallest absolute Gasteiger partial charge is 0.340 e. The Balaban J connectivity index is 2.08. The van der Waals surface area contributed by atoms with Gasteiger partial charge in [0.25, 0.3) is 0 Å². The van der Waals surface area contributed by atoms with Crippen molar-refractivity contribution in [1.82, 2.24) is 0 Å². The monoisotopic (exact) mass is 279 g/mol. The summed E-state index contributed by atoms with van der Waals surface area (Å²) in [6, 6.07) is 5.08. The van der Waals surface area contributed by atoms with E-state index in [2.05, 4.69) is 0 Å². The van der Waals surface area contributed by atoms with Gasteiger partial charge in [0.15, 0.2) is 0 Å². The minimum Gasteiger partial charge on any atom is -0.495 e. The van der Waals surface area contributed by atoms with Crippen LogP contribution in [0.1, 0.15) is 37.0 Å². The molecule has 1 heterocycles. The van der Waals surface area contributed by atoms with Gasteiger partial charge in [-0.2, -0.15) is 0 Å². The third-order valence-electron chi connectivity index (χ3n) is 3.43. The number of esters is 1. The molecule has 5 heteroatoms. The summed E-state index contributed by atoms with van der Waals surface area (Å²) < 4.78 is 16.3. The Hall–Kier alpha value is -1.75. The fourth-order valence-corrected chi connectivity index (χ4v) is 2.56. The molecule has 5 nitrogen and oxygen atoms in total. The van der Waals surface area contributed by atoms with Crippen LogP contribution in [0.2, 0.25) is 0 Å². The minimum absolute atomic E-state index is 0.0965. The van der Waals surface area contributed by atoms with Crippen LogP contribution in [0, 0.1) is 0 Å². The number of nitrogen functional groups attached to an aromatic ring is 1. The van der Waals surface area contributed by atoms with Gasteiger partial charge in [-0.05, 0) is 26.0 Å². The molecule has 1 saturated heterocycles. The van der Waals surface area contributed by atoms with Gasteiger partial charge in [0.2, 0.25) is 0 Å². The van der Waals surface area contributed by atoms with Crippen LogP contribution in [0.3, 0.4) is 0 Å². The van der Waals surface area contributed by atoms with E-state index in [1.165, 1.54) is 7.11 Å². The second-order valence-electron chi connectivity index (χ2n) is 5.18.